The predicted octanol–water partition coefficient (Wildman–Crippen LogP) is -0.959. The van der Waals surface area contributed by atoms with E-state index in [4.69, 9.17) is 11.5 Å². The van der Waals surface area contributed by atoms with Gasteiger partial charge >= 0.3 is 0 Å². The normalized spacial score (nSPS) is 15.4. The average molecular weight is 520 g/mol. The van der Waals surface area contributed by atoms with Crippen LogP contribution in [0, 0.1) is 0 Å². The number of carbonyl (C=O) groups excluding carboxylic acids is 4. The van der Waals surface area contributed by atoms with Crippen LogP contribution in [0.1, 0.15) is 31.7 Å². The molecule has 0 unspecified atom stereocenters. The van der Waals surface area contributed by atoms with Crippen molar-refractivity contribution in [2.75, 3.05) is 12.3 Å². The second kappa shape index (κ2) is 14.6. The first kappa shape index (κ1) is 29.3. The number of aliphatic hydroxyl groups excluding tert-OH is 1. The van der Waals surface area contributed by atoms with Gasteiger partial charge < -0.3 is 37.5 Å². The number of fused-ring (bicyclic) bond motifs is 1. The van der Waals surface area contributed by atoms with Crippen LogP contribution in [0.25, 0.3) is 10.9 Å². The van der Waals surface area contributed by atoms with E-state index in [1.807, 2.05) is 24.3 Å². The smallest absolute Gasteiger partial charge is 0.245 e. The Bertz CT molecular complexity index is 1030. The van der Waals surface area contributed by atoms with Gasteiger partial charge in [0, 0.05) is 22.9 Å². The highest BCUT2D eigenvalue weighted by molar-refractivity contribution is 7.80. The number of hydrogen-bond acceptors (Lipinski definition) is 8. The Morgan fingerprint density at radius 1 is 1.11 bits per heavy atom. The van der Waals surface area contributed by atoms with Gasteiger partial charge in [-0.1, -0.05) is 18.2 Å². The van der Waals surface area contributed by atoms with Crippen LogP contribution in [-0.2, 0) is 25.6 Å². The van der Waals surface area contributed by atoms with E-state index in [2.05, 4.69) is 33.6 Å². The first-order valence-corrected chi connectivity index (χ1v) is 12.4. The predicted molar refractivity (Wildman–Crippen MR) is 140 cm³/mol. The van der Waals surface area contributed by atoms with E-state index in [-0.39, 0.29) is 18.6 Å². The molecule has 1 aromatic carbocycles. The third kappa shape index (κ3) is 8.33. The lowest BCUT2D eigenvalue weighted by molar-refractivity contribution is -0.134. The van der Waals surface area contributed by atoms with Gasteiger partial charge in [-0.05, 0) is 50.8 Å². The summed E-state index contributed by atoms with van der Waals surface area (Å²) >= 11 is 3.95. The number of aliphatic hydroxyl groups is 1. The van der Waals surface area contributed by atoms with Gasteiger partial charge in [-0.25, -0.2) is 0 Å². The number of unbranched alkanes of at least 4 members (excludes halogenated alkanes) is 1. The third-order valence-corrected chi connectivity index (χ3v) is 6.10. The van der Waals surface area contributed by atoms with Gasteiger partial charge in [0.05, 0.1) is 12.1 Å². The first-order chi connectivity index (χ1) is 17.2. The van der Waals surface area contributed by atoms with Crippen LogP contribution >= 0.6 is 12.6 Å². The van der Waals surface area contributed by atoms with Crippen molar-refractivity contribution in [1.82, 2.24) is 20.9 Å². The Morgan fingerprint density at radius 3 is 2.47 bits per heavy atom. The molecule has 1 aromatic heterocycles. The number of carbonyl (C=O) groups is 3. The van der Waals surface area contributed by atoms with Crippen molar-refractivity contribution in [3.05, 3.63) is 36.0 Å². The molecule has 0 saturated carbocycles. The maximum atomic E-state index is 13.0. The van der Waals surface area contributed by atoms with Gasteiger partial charge in [-0.2, -0.15) is 12.6 Å². The fourth-order valence-corrected chi connectivity index (χ4v) is 3.87. The molecular weight excluding hydrogens is 484 g/mol. The molecule has 3 amide bonds. The van der Waals surface area contributed by atoms with Gasteiger partial charge in [0.25, 0.3) is 0 Å². The number of aromatic nitrogens is 1. The molecule has 2 rings (SSSR count). The van der Waals surface area contributed by atoms with Crippen LogP contribution in [0.15, 0.2) is 30.5 Å². The summed E-state index contributed by atoms with van der Waals surface area (Å²) in [5, 5.41) is 18.5. The lowest BCUT2D eigenvalue weighted by atomic mass is 10.0. The second-order valence-electron chi connectivity index (χ2n) is 8.60. The number of aromatic amines is 1. The standard InChI is InChI=1S/C24H35N6O5S/c1-14(32)21(24(35)28-16(12-31)13-36)30-23(34)20(8-4-5-9-25)29-22(33)18(26)10-15-11-27-19-7-3-2-6-17(15)19/h2-3,6-7,11,14,16,18,20-21,27,32,36H,4-5,8-10,13,25-26H2,1H3,(H,28,35)(H,29,33)(H,30,34)/t14-,16-,18+,20+,21+/m1/s1. The fourth-order valence-electron chi connectivity index (χ4n) is 3.70. The number of para-hydroxylation sites is 1. The van der Waals surface area contributed by atoms with Gasteiger partial charge in [0.1, 0.15) is 18.1 Å². The van der Waals surface area contributed by atoms with Crippen LogP contribution in [0.2, 0.25) is 0 Å². The molecule has 0 aliphatic carbocycles. The van der Waals surface area contributed by atoms with E-state index in [1.54, 1.807) is 12.5 Å². The lowest BCUT2D eigenvalue weighted by Gasteiger charge is -2.26. The number of nitrogens with two attached hydrogens (primary N) is 2. The van der Waals surface area contributed by atoms with Gasteiger partial charge in [0.2, 0.25) is 24.0 Å². The monoisotopic (exact) mass is 519 g/mol. The fraction of sp³-hybridized carbons (Fsp3) is 0.500. The summed E-state index contributed by atoms with van der Waals surface area (Å²) in [5.74, 6) is -1.97. The molecule has 1 radical (unpaired) electrons. The highest BCUT2D eigenvalue weighted by atomic mass is 32.1. The molecule has 197 valence electrons. The number of nitrogens with one attached hydrogen (secondary N) is 4. The minimum absolute atomic E-state index is 0.00179. The molecular formula is C24H35N6O5S. The second-order valence-corrected chi connectivity index (χ2v) is 8.97. The van der Waals surface area contributed by atoms with Crippen LogP contribution < -0.4 is 27.4 Å². The van der Waals surface area contributed by atoms with Crippen molar-refractivity contribution >= 4 is 47.5 Å². The van der Waals surface area contributed by atoms with Crippen molar-refractivity contribution < 1.29 is 24.3 Å². The Labute approximate surface area is 215 Å². The Kier molecular flexibility index (Phi) is 11.9. The highest BCUT2D eigenvalue weighted by Gasteiger charge is 2.31. The molecule has 0 saturated heterocycles. The molecule has 0 fully saturated rings. The van der Waals surface area contributed by atoms with E-state index in [0.29, 0.717) is 19.4 Å². The number of hydrogen-bond donors (Lipinski definition) is 8. The Hall–Kier alpha value is -2.93. The first-order valence-electron chi connectivity index (χ1n) is 11.8. The zero-order valence-electron chi connectivity index (χ0n) is 20.2. The van der Waals surface area contributed by atoms with Crippen molar-refractivity contribution in [3.63, 3.8) is 0 Å². The maximum Gasteiger partial charge on any atom is 0.245 e. The summed E-state index contributed by atoms with van der Waals surface area (Å²) < 4.78 is 0. The zero-order valence-corrected chi connectivity index (χ0v) is 21.1. The molecule has 0 aliphatic rings. The molecule has 11 nitrogen and oxygen atoms in total. The molecule has 36 heavy (non-hydrogen) atoms. The summed E-state index contributed by atoms with van der Waals surface area (Å²) in [6.07, 6.45) is 3.81. The Balaban J connectivity index is 2.09. The average Bonchev–Trinajstić information content (AvgIpc) is 3.27. The summed E-state index contributed by atoms with van der Waals surface area (Å²) in [4.78, 5) is 52.5. The van der Waals surface area contributed by atoms with E-state index in [1.165, 1.54) is 6.92 Å². The molecule has 0 spiro atoms. The largest absolute Gasteiger partial charge is 0.391 e. The number of benzene rings is 1. The third-order valence-electron chi connectivity index (χ3n) is 5.74. The minimum Gasteiger partial charge on any atom is -0.391 e. The SMILES string of the molecule is C[C@@H](O)[C@H](NC(=O)[C@H](CCCCN)NC(=O)[C@@H](N)Cc1c[nH]c2ccccc12)C(=O)N[C@H]([C]=O)CS. The summed E-state index contributed by atoms with van der Waals surface area (Å²) in [7, 11) is 0. The lowest BCUT2D eigenvalue weighted by Crippen LogP contribution is -2.59. The molecule has 9 N–H and O–H groups in total. The van der Waals surface area contributed by atoms with Crippen molar-refractivity contribution in [1.29, 1.82) is 0 Å². The molecule has 5 atom stereocenters. The van der Waals surface area contributed by atoms with Crippen LogP contribution in [0.3, 0.4) is 0 Å². The van der Waals surface area contributed by atoms with Crippen molar-refractivity contribution in [2.24, 2.45) is 11.5 Å². The zero-order chi connectivity index (χ0) is 26.7. The number of thiol groups is 1. The minimum atomic E-state index is -1.36. The Morgan fingerprint density at radius 2 is 1.83 bits per heavy atom. The van der Waals surface area contributed by atoms with E-state index in [0.717, 1.165) is 16.5 Å². The van der Waals surface area contributed by atoms with Gasteiger partial charge in [-0.15, -0.1) is 0 Å². The topological polar surface area (TPSA) is 192 Å². The maximum absolute atomic E-state index is 13.0. The summed E-state index contributed by atoms with van der Waals surface area (Å²) in [6, 6.07) is 3.34. The van der Waals surface area contributed by atoms with E-state index in [9.17, 15) is 24.3 Å². The highest BCUT2D eigenvalue weighted by Crippen LogP contribution is 2.19. The van der Waals surface area contributed by atoms with Crippen molar-refractivity contribution in [2.45, 2.75) is 62.9 Å². The number of rotatable bonds is 15. The number of H-pyrrole nitrogens is 1. The summed E-state index contributed by atoms with van der Waals surface area (Å²) in [6.45, 7) is 1.73. The van der Waals surface area contributed by atoms with Crippen LogP contribution in [-0.4, -0.2) is 76.7 Å². The molecule has 0 aliphatic heterocycles. The molecule has 0 bridgehead atoms. The van der Waals surface area contributed by atoms with E-state index < -0.39 is 48.0 Å². The van der Waals surface area contributed by atoms with Crippen LogP contribution in [0.4, 0.5) is 0 Å². The van der Waals surface area contributed by atoms with E-state index >= 15 is 0 Å². The molecule has 1 heterocycles. The van der Waals surface area contributed by atoms with Crippen LogP contribution in [0.5, 0.6) is 0 Å². The van der Waals surface area contributed by atoms with Gasteiger partial charge in [-0.3, -0.25) is 19.2 Å². The molecule has 2 aromatic rings. The summed E-state index contributed by atoms with van der Waals surface area (Å²) in [5.41, 5.74) is 13.5. The molecule has 12 heteroatoms. The number of amides is 3. The van der Waals surface area contributed by atoms with Gasteiger partial charge in [0.15, 0.2) is 0 Å². The quantitative estimate of drug-likeness (QED) is 0.110. The van der Waals surface area contributed by atoms with Crippen molar-refractivity contribution in [3.8, 4) is 0 Å².